The minimum absolute atomic E-state index is 0.0271. The predicted octanol–water partition coefficient (Wildman–Crippen LogP) is 5.17. The Bertz CT molecular complexity index is 262. The normalized spacial score (nSPS) is 25.0. The highest BCUT2D eigenvalue weighted by molar-refractivity contribution is 4.98. The van der Waals surface area contributed by atoms with Crippen LogP contribution in [-0.2, 0) is 4.74 Å². The van der Waals surface area contributed by atoms with E-state index in [4.69, 9.17) is 4.74 Å². The van der Waals surface area contributed by atoms with Crippen molar-refractivity contribution in [3.8, 4) is 0 Å². The van der Waals surface area contributed by atoms with Crippen molar-refractivity contribution in [2.45, 2.75) is 97.6 Å². The van der Waals surface area contributed by atoms with Gasteiger partial charge in [-0.1, -0.05) is 53.4 Å². The van der Waals surface area contributed by atoms with Crippen LogP contribution >= 0.6 is 0 Å². The number of nitrogens with one attached hydrogen (secondary N) is 1. The molecule has 0 aliphatic heterocycles. The fraction of sp³-hybridized carbons (Fsp3) is 1.00. The van der Waals surface area contributed by atoms with Gasteiger partial charge in [0.2, 0.25) is 0 Å². The van der Waals surface area contributed by atoms with Crippen LogP contribution in [0.3, 0.4) is 0 Å². The van der Waals surface area contributed by atoms with Gasteiger partial charge in [0, 0.05) is 12.6 Å². The zero-order chi connectivity index (χ0) is 15.7. The fourth-order valence-electron chi connectivity index (χ4n) is 4.48. The maximum Gasteiger partial charge on any atom is 0.0832 e. The van der Waals surface area contributed by atoms with Crippen molar-refractivity contribution in [2.24, 2.45) is 11.8 Å². The van der Waals surface area contributed by atoms with E-state index in [0.29, 0.717) is 6.04 Å². The molecule has 21 heavy (non-hydrogen) atoms. The van der Waals surface area contributed by atoms with Crippen LogP contribution in [-0.4, -0.2) is 24.8 Å². The van der Waals surface area contributed by atoms with Gasteiger partial charge in [-0.05, 0) is 51.0 Å². The molecular weight excluding hydrogens is 258 g/mol. The van der Waals surface area contributed by atoms with Gasteiger partial charge in [-0.25, -0.2) is 0 Å². The van der Waals surface area contributed by atoms with E-state index in [0.717, 1.165) is 37.8 Å². The molecule has 0 saturated heterocycles. The predicted molar refractivity (Wildman–Crippen MR) is 92.8 cm³/mol. The molecule has 0 radical (unpaired) electrons. The van der Waals surface area contributed by atoms with Gasteiger partial charge in [0.15, 0.2) is 0 Å². The molecule has 0 amide bonds. The maximum atomic E-state index is 6.37. The summed E-state index contributed by atoms with van der Waals surface area (Å²) < 4.78 is 6.37. The molecule has 0 aromatic rings. The number of hydrogen-bond acceptors (Lipinski definition) is 2. The lowest BCUT2D eigenvalue weighted by Gasteiger charge is -2.47. The molecule has 0 aromatic carbocycles. The quantitative estimate of drug-likeness (QED) is 0.601. The zero-order valence-electron chi connectivity index (χ0n) is 15.2. The highest BCUT2D eigenvalue weighted by Gasteiger charge is 2.43. The first-order valence-electron chi connectivity index (χ1n) is 9.56. The van der Waals surface area contributed by atoms with Crippen LogP contribution in [0.5, 0.6) is 0 Å². The van der Waals surface area contributed by atoms with Gasteiger partial charge in [0.1, 0.15) is 0 Å². The van der Waals surface area contributed by atoms with Crippen molar-refractivity contribution in [2.75, 3.05) is 13.2 Å². The minimum atomic E-state index is 0.0271. The second kappa shape index (κ2) is 9.84. The van der Waals surface area contributed by atoms with Crippen molar-refractivity contribution >= 4 is 0 Å². The van der Waals surface area contributed by atoms with E-state index in [1.54, 1.807) is 0 Å². The van der Waals surface area contributed by atoms with Crippen molar-refractivity contribution in [1.29, 1.82) is 0 Å². The molecule has 0 aromatic heterocycles. The summed E-state index contributed by atoms with van der Waals surface area (Å²) in [4.78, 5) is 0. The van der Waals surface area contributed by atoms with E-state index in [1.807, 2.05) is 0 Å². The molecule has 1 aliphatic carbocycles. The number of ether oxygens (including phenoxy) is 1. The van der Waals surface area contributed by atoms with E-state index in [1.165, 1.54) is 38.5 Å². The van der Waals surface area contributed by atoms with Crippen molar-refractivity contribution < 1.29 is 4.74 Å². The minimum Gasteiger partial charge on any atom is -0.374 e. The Morgan fingerprint density at radius 3 is 2.24 bits per heavy atom. The summed E-state index contributed by atoms with van der Waals surface area (Å²) in [5, 5.41) is 3.91. The van der Waals surface area contributed by atoms with Crippen LogP contribution in [0.2, 0.25) is 0 Å². The first-order valence-corrected chi connectivity index (χ1v) is 9.56. The standard InChI is InChI=1S/C19H39NO/c1-6-15-20-18(19(8-3,9-4)21-10-5)17-14-12-11-13-16(17)7-2/h16-18,20H,6-15H2,1-5H3. The second-order valence-corrected chi connectivity index (χ2v) is 6.75. The number of rotatable bonds is 10. The van der Waals surface area contributed by atoms with Gasteiger partial charge in [-0.3, -0.25) is 0 Å². The molecule has 1 aliphatic rings. The Kier molecular flexibility index (Phi) is 8.89. The summed E-state index contributed by atoms with van der Waals surface area (Å²) in [6, 6.07) is 0.526. The third kappa shape index (κ3) is 4.69. The molecular formula is C19H39NO. The van der Waals surface area contributed by atoms with E-state index in [-0.39, 0.29) is 5.60 Å². The molecule has 126 valence electrons. The van der Waals surface area contributed by atoms with Gasteiger partial charge < -0.3 is 10.1 Å². The molecule has 2 nitrogen and oxygen atoms in total. The van der Waals surface area contributed by atoms with Gasteiger partial charge in [-0.15, -0.1) is 0 Å². The van der Waals surface area contributed by atoms with Crippen LogP contribution in [0, 0.1) is 11.8 Å². The third-order valence-electron chi connectivity index (χ3n) is 5.73. The molecule has 1 rings (SSSR count). The summed E-state index contributed by atoms with van der Waals surface area (Å²) in [7, 11) is 0. The molecule has 1 N–H and O–H groups in total. The van der Waals surface area contributed by atoms with Crippen molar-refractivity contribution in [1.82, 2.24) is 5.32 Å². The SMILES string of the molecule is CCCNC(C1CCCCC1CC)C(CC)(CC)OCC. The van der Waals surface area contributed by atoms with Gasteiger partial charge in [0.25, 0.3) is 0 Å². The smallest absolute Gasteiger partial charge is 0.0832 e. The topological polar surface area (TPSA) is 21.3 Å². The highest BCUT2D eigenvalue weighted by atomic mass is 16.5. The fourth-order valence-corrected chi connectivity index (χ4v) is 4.48. The summed E-state index contributed by atoms with van der Waals surface area (Å²) >= 11 is 0. The Hall–Kier alpha value is -0.0800. The Labute approximate surface area is 133 Å². The molecule has 1 fully saturated rings. The lowest BCUT2D eigenvalue weighted by molar-refractivity contribution is -0.0957. The average Bonchev–Trinajstić information content (AvgIpc) is 2.54. The number of hydrogen-bond donors (Lipinski definition) is 1. The van der Waals surface area contributed by atoms with Crippen LogP contribution < -0.4 is 5.32 Å². The summed E-state index contributed by atoms with van der Waals surface area (Å²) in [5.41, 5.74) is 0.0271. The van der Waals surface area contributed by atoms with Crippen molar-refractivity contribution in [3.05, 3.63) is 0 Å². The van der Waals surface area contributed by atoms with Crippen molar-refractivity contribution in [3.63, 3.8) is 0 Å². The Morgan fingerprint density at radius 2 is 1.71 bits per heavy atom. The summed E-state index contributed by atoms with van der Waals surface area (Å²) in [6.45, 7) is 13.4. The average molecular weight is 298 g/mol. The molecule has 1 saturated carbocycles. The van der Waals surface area contributed by atoms with Gasteiger partial charge >= 0.3 is 0 Å². The molecule has 3 unspecified atom stereocenters. The molecule has 0 spiro atoms. The molecule has 3 atom stereocenters. The van der Waals surface area contributed by atoms with Crippen LogP contribution in [0.4, 0.5) is 0 Å². The zero-order valence-corrected chi connectivity index (χ0v) is 15.2. The molecule has 2 heteroatoms. The first-order chi connectivity index (χ1) is 10.2. The highest BCUT2D eigenvalue weighted by Crippen LogP contribution is 2.40. The largest absolute Gasteiger partial charge is 0.374 e. The van der Waals surface area contributed by atoms with E-state index in [9.17, 15) is 0 Å². The Morgan fingerprint density at radius 1 is 1.05 bits per heavy atom. The van der Waals surface area contributed by atoms with Crippen LogP contribution in [0.1, 0.15) is 86.0 Å². The maximum absolute atomic E-state index is 6.37. The summed E-state index contributed by atoms with van der Waals surface area (Å²) in [6.07, 6.45) is 10.4. The molecule has 0 bridgehead atoms. The lowest BCUT2D eigenvalue weighted by atomic mass is 9.68. The second-order valence-electron chi connectivity index (χ2n) is 6.75. The van der Waals surface area contributed by atoms with E-state index >= 15 is 0 Å². The van der Waals surface area contributed by atoms with E-state index < -0.39 is 0 Å². The molecule has 0 heterocycles. The van der Waals surface area contributed by atoms with Crippen LogP contribution in [0.15, 0.2) is 0 Å². The Balaban J connectivity index is 2.99. The third-order valence-corrected chi connectivity index (χ3v) is 5.73. The van der Waals surface area contributed by atoms with Gasteiger partial charge in [0.05, 0.1) is 5.60 Å². The van der Waals surface area contributed by atoms with E-state index in [2.05, 4.69) is 39.9 Å². The first kappa shape index (κ1) is 19.0. The summed E-state index contributed by atoms with van der Waals surface area (Å²) in [5.74, 6) is 1.67. The van der Waals surface area contributed by atoms with Gasteiger partial charge in [-0.2, -0.15) is 0 Å². The monoisotopic (exact) mass is 297 g/mol. The van der Waals surface area contributed by atoms with Crippen LogP contribution in [0.25, 0.3) is 0 Å². The lowest BCUT2D eigenvalue weighted by Crippen LogP contribution is -2.58.